The van der Waals surface area contributed by atoms with Crippen LogP contribution < -0.4 is 16.4 Å². The van der Waals surface area contributed by atoms with Crippen LogP contribution in [0, 0.1) is 0 Å². The van der Waals surface area contributed by atoms with Crippen molar-refractivity contribution in [1.29, 1.82) is 0 Å². The van der Waals surface area contributed by atoms with Crippen molar-refractivity contribution < 1.29 is 4.79 Å². The Hall–Kier alpha value is -1.23. The molecule has 4 nitrogen and oxygen atoms in total. The molecule has 0 aliphatic rings. The maximum atomic E-state index is 12.1. The van der Waals surface area contributed by atoms with Crippen molar-refractivity contribution in [3.8, 4) is 0 Å². The molecule has 0 aliphatic carbocycles. The fraction of sp³-hybridized carbons (Fsp3) is 0.400. The van der Waals surface area contributed by atoms with E-state index in [9.17, 15) is 4.79 Å². The molecule has 0 spiro atoms. The third-order valence-corrected chi connectivity index (χ3v) is 2.30. The SMILES string of the molecule is CC(C)(C)N/C(=C\C(=O)c1ccccc1)NCCN.Cl.Cl. The average molecular weight is 334 g/mol. The monoisotopic (exact) mass is 333 g/mol. The maximum absolute atomic E-state index is 12.1. The summed E-state index contributed by atoms with van der Waals surface area (Å²) in [5.74, 6) is 0.670. The molecule has 21 heavy (non-hydrogen) atoms. The highest BCUT2D eigenvalue weighted by Crippen LogP contribution is 2.05. The zero-order valence-electron chi connectivity index (χ0n) is 12.7. The van der Waals surface area contributed by atoms with Gasteiger partial charge in [0.1, 0.15) is 5.82 Å². The number of halogens is 2. The van der Waals surface area contributed by atoms with Gasteiger partial charge in [0.25, 0.3) is 0 Å². The van der Waals surface area contributed by atoms with Crippen LogP contribution in [0.3, 0.4) is 0 Å². The van der Waals surface area contributed by atoms with Gasteiger partial charge < -0.3 is 16.4 Å². The van der Waals surface area contributed by atoms with Gasteiger partial charge in [-0.1, -0.05) is 30.3 Å². The molecule has 0 unspecified atom stereocenters. The fourth-order valence-electron chi connectivity index (χ4n) is 1.56. The smallest absolute Gasteiger partial charge is 0.189 e. The summed E-state index contributed by atoms with van der Waals surface area (Å²) in [7, 11) is 0. The zero-order chi connectivity index (χ0) is 14.3. The molecule has 0 aromatic heterocycles. The summed E-state index contributed by atoms with van der Waals surface area (Å²) in [6, 6.07) is 9.20. The average Bonchev–Trinajstić information content (AvgIpc) is 2.35. The highest BCUT2D eigenvalue weighted by Gasteiger charge is 2.12. The molecule has 1 aromatic rings. The minimum Gasteiger partial charge on any atom is -0.371 e. The van der Waals surface area contributed by atoms with Crippen LogP contribution in [0.2, 0.25) is 0 Å². The van der Waals surface area contributed by atoms with Crippen LogP contribution in [-0.4, -0.2) is 24.4 Å². The Morgan fingerprint density at radius 1 is 1.19 bits per heavy atom. The number of carbonyl (C=O) groups is 1. The Bertz CT molecular complexity index is 442. The van der Waals surface area contributed by atoms with Gasteiger partial charge in [0.15, 0.2) is 5.78 Å². The number of rotatable bonds is 6. The molecular formula is C15H25Cl2N3O. The van der Waals surface area contributed by atoms with Gasteiger partial charge in [-0.2, -0.15) is 0 Å². The molecule has 0 heterocycles. The molecule has 0 aliphatic heterocycles. The molecule has 0 atom stereocenters. The molecule has 4 N–H and O–H groups in total. The van der Waals surface area contributed by atoms with Crippen molar-refractivity contribution in [2.24, 2.45) is 5.73 Å². The Balaban J connectivity index is 0. The van der Waals surface area contributed by atoms with Gasteiger partial charge in [-0.25, -0.2) is 0 Å². The number of ketones is 1. The maximum Gasteiger partial charge on any atom is 0.189 e. The third-order valence-electron chi connectivity index (χ3n) is 2.30. The topological polar surface area (TPSA) is 67.2 Å². The lowest BCUT2D eigenvalue weighted by atomic mass is 10.1. The van der Waals surface area contributed by atoms with E-state index in [1.54, 1.807) is 18.2 Å². The standard InChI is InChI=1S/C15H23N3O.2ClH/c1-15(2,3)18-14(17-10-9-16)11-13(19)12-7-5-4-6-8-12;;/h4-8,11,17-18H,9-10,16H2,1-3H3;2*1H/b14-11-;;. The van der Waals surface area contributed by atoms with E-state index >= 15 is 0 Å². The van der Waals surface area contributed by atoms with E-state index in [2.05, 4.69) is 10.6 Å². The number of benzene rings is 1. The molecule has 1 aromatic carbocycles. The van der Waals surface area contributed by atoms with Crippen molar-refractivity contribution in [2.45, 2.75) is 26.3 Å². The van der Waals surface area contributed by atoms with Gasteiger partial charge in [0.2, 0.25) is 0 Å². The molecular weight excluding hydrogens is 309 g/mol. The van der Waals surface area contributed by atoms with E-state index in [0.717, 1.165) is 0 Å². The van der Waals surface area contributed by atoms with Crippen LogP contribution in [0.25, 0.3) is 0 Å². The largest absolute Gasteiger partial charge is 0.371 e. The first-order valence-electron chi connectivity index (χ1n) is 6.45. The molecule has 0 fully saturated rings. The number of hydrogen-bond donors (Lipinski definition) is 3. The summed E-state index contributed by atoms with van der Waals surface area (Å²) in [6.07, 6.45) is 1.58. The predicted molar refractivity (Wildman–Crippen MR) is 93.3 cm³/mol. The van der Waals surface area contributed by atoms with Crippen LogP contribution in [0.4, 0.5) is 0 Å². The second-order valence-corrected chi connectivity index (χ2v) is 5.38. The van der Waals surface area contributed by atoms with E-state index < -0.39 is 0 Å². The van der Waals surface area contributed by atoms with Crippen molar-refractivity contribution in [1.82, 2.24) is 10.6 Å². The number of carbonyl (C=O) groups excluding carboxylic acids is 1. The third kappa shape index (κ3) is 9.34. The van der Waals surface area contributed by atoms with Crippen LogP contribution in [0.1, 0.15) is 31.1 Å². The first-order valence-corrected chi connectivity index (χ1v) is 6.45. The highest BCUT2D eigenvalue weighted by atomic mass is 35.5. The van der Waals surface area contributed by atoms with Crippen molar-refractivity contribution in [3.63, 3.8) is 0 Å². The number of nitrogens with one attached hydrogen (secondary N) is 2. The minimum atomic E-state index is -0.121. The van der Waals surface area contributed by atoms with Crippen molar-refractivity contribution in [2.75, 3.05) is 13.1 Å². The second-order valence-electron chi connectivity index (χ2n) is 5.38. The molecule has 6 heteroatoms. The molecule has 0 saturated heterocycles. The van der Waals surface area contributed by atoms with E-state index in [1.807, 2.05) is 39.0 Å². The lowest BCUT2D eigenvalue weighted by Crippen LogP contribution is -2.41. The van der Waals surface area contributed by atoms with E-state index in [0.29, 0.717) is 24.5 Å². The normalized spacial score (nSPS) is 11.0. The van der Waals surface area contributed by atoms with E-state index in [4.69, 9.17) is 5.73 Å². The summed E-state index contributed by atoms with van der Waals surface area (Å²) >= 11 is 0. The van der Waals surface area contributed by atoms with Crippen LogP contribution in [0.5, 0.6) is 0 Å². The predicted octanol–water partition coefficient (Wildman–Crippen LogP) is 2.49. The van der Waals surface area contributed by atoms with Gasteiger partial charge in [-0.05, 0) is 20.8 Å². The Morgan fingerprint density at radius 2 is 1.76 bits per heavy atom. The zero-order valence-corrected chi connectivity index (χ0v) is 14.3. The molecule has 1 rings (SSSR count). The van der Waals surface area contributed by atoms with Crippen molar-refractivity contribution in [3.05, 3.63) is 47.8 Å². The van der Waals surface area contributed by atoms with E-state index in [-0.39, 0.29) is 36.1 Å². The molecule has 0 radical (unpaired) electrons. The van der Waals surface area contributed by atoms with Gasteiger partial charge in [-0.3, -0.25) is 4.79 Å². The highest BCUT2D eigenvalue weighted by molar-refractivity contribution is 6.04. The number of hydrogen-bond acceptors (Lipinski definition) is 4. The summed E-state index contributed by atoms with van der Waals surface area (Å²) in [5.41, 5.74) is 6.03. The van der Waals surface area contributed by atoms with Crippen LogP contribution >= 0.6 is 24.8 Å². The fourth-order valence-corrected chi connectivity index (χ4v) is 1.56. The van der Waals surface area contributed by atoms with Crippen LogP contribution in [0.15, 0.2) is 42.2 Å². The Morgan fingerprint density at radius 3 is 2.24 bits per heavy atom. The molecule has 0 amide bonds. The van der Waals surface area contributed by atoms with Crippen molar-refractivity contribution >= 4 is 30.6 Å². The number of allylic oxidation sites excluding steroid dienone is 1. The molecule has 120 valence electrons. The van der Waals surface area contributed by atoms with Gasteiger partial charge >= 0.3 is 0 Å². The van der Waals surface area contributed by atoms with Gasteiger partial charge in [0.05, 0.1) is 0 Å². The summed E-state index contributed by atoms with van der Waals surface area (Å²) in [4.78, 5) is 12.1. The minimum absolute atomic E-state index is 0. The second kappa shape index (κ2) is 10.5. The molecule has 0 saturated carbocycles. The summed E-state index contributed by atoms with van der Waals surface area (Å²) in [6.45, 7) is 7.26. The quantitative estimate of drug-likeness (QED) is 0.552. The lowest BCUT2D eigenvalue weighted by molar-refractivity contribution is 0.104. The van der Waals surface area contributed by atoms with Crippen LogP contribution in [-0.2, 0) is 0 Å². The Kier molecular flexibility index (Phi) is 11.0. The van der Waals surface area contributed by atoms with E-state index in [1.165, 1.54) is 0 Å². The summed E-state index contributed by atoms with van der Waals surface area (Å²) in [5, 5.41) is 6.40. The lowest BCUT2D eigenvalue weighted by Gasteiger charge is -2.25. The number of nitrogens with two attached hydrogens (primary N) is 1. The molecule has 0 bridgehead atoms. The first-order chi connectivity index (χ1) is 8.92. The summed E-state index contributed by atoms with van der Waals surface area (Å²) < 4.78 is 0. The van der Waals surface area contributed by atoms with Gasteiger partial charge in [0, 0.05) is 30.3 Å². The Labute approximate surface area is 139 Å². The van der Waals surface area contributed by atoms with Gasteiger partial charge in [-0.15, -0.1) is 24.8 Å². The first kappa shape index (κ1) is 22.1.